The second-order valence-corrected chi connectivity index (χ2v) is 6.25. The first-order valence-corrected chi connectivity index (χ1v) is 9.02. The lowest BCUT2D eigenvalue weighted by molar-refractivity contribution is -0.142. The molecule has 0 amide bonds. The van der Waals surface area contributed by atoms with Crippen LogP contribution in [-0.4, -0.2) is 42.3 Å². The van der Waals surface area contributed by atoms with Crippen molar-refractivity contribution in [2.75, 3.05) is 18.1 Å². The normalized spacial score (nSPS) is 10.9. The maximum Gasteiger partial charge on any atom is 0.313 e. The summed E-state index contributed by atoms with van der Waals surface area (Å²) < 4.78 is 12.2. The number of nitrogen functional groups attached to an aromatic ring is 2. The molecule has 27 heavy (non-hydrogen) atoms. The summed E-state index contributed by atoms with van der Waals surface area (Å²) in [6.45, 7) is 2.42. The average molecular weight is 390 g/mol. The van der Waals surface area contributed by atoms with Crippen LogP contribution in [0.1, 0.15) is 24.3 Å². The first kappa shape index (κ1) is 18.6. The summed E-state index contributed by atoms with van der Waals surface area (Å²) in [7, 11) is 0. The number of aromatic nitrogens is 6. The Kier molecular flexibility index (Phi) is 5.86. The molecule has 0 aliphatic rings. The minimum absolute atomic E-state index is 0.00770. The van der Waals surface area contributed by atoms with Crippen molar-refractivity contribution in [2.45, 2.75) is 30.8 Å². The minimum atomic E-state index is -0.375. The molecule has 0 aliphatic carbocycles. The molecule has 3 aromatic heterocycles. The molecule has 0 radical (unpaired) electrons. The highest BCUT2D eigenvalue weighted by molar-refractivity contribution is 7.98. The molecule has 4 N–H and O–H groups in total. The number of nitrogens with two attached hydrogens (primary N) is 2. The number of anilines is 2. The van der Waals surface area contributed by atoms with E-state index in [4.69, 9.17) is 20.6 Å². The number of hydrogen-bond donors (Lipinski definition) is 2. The summed E-state index contributed by atoms with van der Waals surface area (Å²) in [5.74, 6) is 1.69. The van der Waals surface area contributed by atoms with Crippen LogP contribution in [0.5, 0.6) is 0 Å². The van der Waals surface area contributed by atoms with E-state index in [1.54, 1.807) is 23.8 Å². The van der Waals surface area contributed by atoms with E-state index in [1.807, 2.05) is 6.07 Å². The van der Waals surface area contributed by atoms with Gasteiger partial charge in [0.25, 0.3) is 0 Å². The van der Waals surface area contributed by atoms with E-state index in [0.717, 1.165) is 0 Å². The van der Waals surface area contributed by atoms with Gasteiger partial charge in [-0.25, -0.2) is 0 Å². The Morgan fingerprint density at radius 3 is 2.70 bits per heavy atom. The molecule has 12 heteroatoms. The molecule has 0 bridgehead atoms. The second kappa shape index (κ2) is 8.49. The molecule has 0 spiro atoms. The maximum atomic E-state index is 11.8. The van der Waals surface area contributed by atoms with Crippen LogP contribution >= 0.6 is 11.8 Å². The zero-order valence-corrected chi connectivity index (χ0v) is 15.3. The number of carbonyl (C=O) groups excluding carboxylic acids is 1. The van der Waals surface area contributed by atoms with E-state index < -0.39 is 0 Å². The second-order valence-electron chi connectivity index (χ2n) is 5.30. The molecule has 0 aromatic carbocycles. The molecule has 0 fully saturated rings. The number of furan rings is 1. The zero-order chi connectivity index (χ0) is 19.2. The van der Waals surface area contributed by atoms with E-state index in [1.165, 1.54) is 11.8 Å². The molecule has 11 nitrogen and oxygen atoms in total. The third-order valence-electron chi connectivity index (χ3n) is 3.34. The van der Waals surface area contributed by atoms with E-state index >= 15 is 0 Å². The fraction of sp³-hybridized carbons (Fsp3) is 0.333. The first-order valence-electron chi connectivity index (χ1n) is 8.04. The molecule has 3 aromatic rings. The Labute approximate surface area is 158 Å². The van der Waals surface area contributed by atoms with Gasteiger partial charge in [-0.15, -0.1) is 10.2 Å². The fourth-order valence-corrected chi connectivity index (χ4v) is 3.08. The molecule has 142 valence electrons. The van der Waals surface area contributed by atoms with Gasteiger partial charge in [-0.3, -0.25) is 9.36 Å². The van der Waals surface area contributed by atoms with Gasteiger partial charge in [-0.05, 0) is 19.1 Å². The maximum absolute atomic E-state index is 11.8. The van der Waals surface area contributed by atoms with E-state index in [2.05, 4.69) is 25.1 Å². The van der Waals surface area contributed by atoms with Gasteiger partial charge in [0.15, 0.2) is 5.16 Å². The Bertz CT molecular complexity index is 892. The van der Waals surface area contributed by atoms with Crippen molar-refractivity contribution in [1.82, 2.24) is 29.7 Å². The Morgan fingerprint density at radius 2 is 2.04 bits per heavy atom. The molecule has 0 aliphatic heterocycles. The number of carbonyl (C=O) groups is 1. The van der Waals surface area contributed by atoms with Crippen LogP contribution < -0.4 is 11.5 Å². The fourth-order valence-electron chi connectivity index (χ4n) is 2.27. The summed E-state index contributed by atoms with van der Waals surface area (Å²) in [6.07, 6.45) is 1.58. The van der Waals surface area contributed by atoms with Gasteiger partial charge in [-0.2, -0.15) is 15.0 Å². The zero-order valence-electron chi connectivity index (χ0n) is 14.5. The molecule has 0 unspecified atom stereocenters. The van der Waals surface area contributed by atoms with Crippen LogP contribution in [-0.2, 0) is 28.2 Å². The van der Waals surface area contributed by atoms with Crippen molar-refractivity contribution in [1.29, 1.82) is 0 Å². The highest BCUT2D eigenvalue weighted by Crippen LogP contribution is 2.22. The van der Waals surface area contributed by atoms with Crippen molar-refractivity contribution < 1.29 is 13.9 Å². The van der Waals surface area contributed by atoms with Gasteiger partial charge in [-0.1, -0.05) is 11.8 Å². The number of esters is 1. The SMILES string of the molecule is CCOC(=O)Cc1nnc(SCc2nc(N)nc(N)n2)n1Cc1ccco1. The van der Waals surface area contributed by atoms with Crippen LogP contribution in [0.3, 0.4) is 0 Å². The summed E-state index contributed by atoms with van der Waals surface area (Å²) >= 11 is 1.33. The Balaban J connectivity index is 1.80. The number of hydrogen-bond acceptors (Lipinski definition) is 11. The Morgan fingerprint density at radius 1 is 1.26 bits per heavy atom. The highest BCUT2D eigenvalue weighted by Gasteiger charge is 2.18. The molecular weight excluding hydrogens is 372 g/mol. The van der Waals surface area contributed by atoms with Crippen LogP contribution in [0.2, 0.25) is 0 Å². The van der Waals surface area contributed by atoms with Crippen molar-refractivity contribution in [3.05, 3.63) is 35.8 Å². The molecular formula is C15H18N8O3S. The summed E-state index contributed by atoms with van der Waals surface area (Å²) in [5, 5.41) is 8.85. The molecule has 0 saturated carbocycles. The van der Waals surface area contributed by atoms with Gasteiger partial charge < -0.3 is 20.6 Å². The van der Waals surface area contributed by atoms with Crippen LogP contribution in [0.4, 0.5) is 11.9 Å². The number of thioether (sulfide) groups is 1. The Hall–Kier alpha value is -3.15. The molecule has 3 rings (SSSR count). The predicted molar refractivity (Wildman–Crippen MR) is 96.4 cm³/mol. The number of ether oxygens (including phenoxy) is 1. The standard InChI is InChI=1S/C15H18N8O3S/c1-2-25-12(24)6-11-21-22-15(23(11)7-9-4-3-5-26-9)27-8-10-18-13(16)20-14(17)19-10/h3-5H,2,6-8H2,1H3,(H4,16,17,18,19,20). The largest absolute Gasteiger partial charge is 0.467 e. The molecule has 0 atom stereocenters. The first-order chi connectivity index (χ1) is 13.0. The average Bonchev–Trinajstić information content (AvgIpc) is 3.24. The third kappa shape index (κ3) is 4.94. The lowest BCUT2D eigenvalue weighted by Crippen LogP contribution is -2.14. The van der Waals surface area contributed by atoms with Gasteiger partial charge in [0.2, 0.25) is 11.9 Å². The van der Waals surface area contributed by atoms with Crippen LogP contribution in [0.15, 0.2) is 28.0 Å². The van der Waals surface area contributed by atoms with Crippen molar-refractivity contribution in [3.8, 4) is 0 Å². The number of rotatable bonds is 8. The quantitative estimate of drug-likeness (QED) is 0.410. The highest BCUT2D eigenvalue weighted by atomic mass is 32.2. The smallest absolute Gasteiger partial charge is 0.313 e. The van der Waals surface area contributed by atoms with Crippen LogP contribution in [0.25, 0.3) is 0 Å². The van der Waals surface area contributed by atoms with Gasteiger partial charge in [0, 0.05) is 0 Å². The van der Waals surface area contributed by atoms with Crippen molar-refractivity contribution in [3.63, 3.8) is 0 Å². The topological polar surface area (TPSA) is 161 Å². The lowest BCUT2D eigenvalue weighted by atomic mass is 10.4. The van der Waals surface area contributed by atoms with Crippen molar-refractivity contribution in [2.24, 2.45) is 0 Å². The monoisotopic (exact) mass is 390 g/mol. The lowest BCUT2D eigenvalue weighted by Gasteiger charge is -2.08. The summed E-state index contributed by atoms with van der Waals surface area (Å²) in [5.41, 5.74) is 11.2. The van der Waals surface area contributed by atoms with Crippen LogP contribution in [0, 0.1) is 0 Å². The predicted octanol–water partition coefficient (Wildman–Crippen LogP) is 0.667. The minimum Gasteiger partial charge on any atom is -0.467 e. The van der Waals surface area contributed by atoms with E-state index in [0.29, 0.717) is 41.5 Å². The van der Waals surface area contributed by atoms with Crippen molar-refractivity contribution >= 4 is 29.6 Å². The third-order valence-corrected chi connectivity index (χ3v) is 4.30. The summed E-state index contributed by atoms with van der Waals surface area (Å²) in [6, 6.07) is 3.61. The van der Waals surface area contributed by atoms with Gasteiger partial charge in [0.1, 0.15) is 23.8 Å². The van der Waals surface area contributed by atoms with Gasteiger partial charge >= 0.3 is 5.97 Å². The van der Waals surface area contributed by atoms with Gasteiger partial charge in [0.05, 0.1) is 25.2 Å². The van der Waals surface area contributed by atoms with E-state index in [-0.39, 0.29) is 24.3 Å². The summed E-state index contributed by atoms with van der Waals surface area (Å²) in [4.78, 5) is 23.7. The van der Waals surface area contributed by atoms with E-state index in [9.17, 15) is 4.79 Å². The molecule has 3 heterocycles. The number of nitrogens with zero attached hydrogens (tertiary/aromatic N) is 6. The molecule has 0 saturated heterocycles.